The monoisotopic (exact) mass is 377 g/mol. The summed E-state index contributed by atoms with van der Waals surface area (Å²) in [5.41, 5.74) is 0.493. The molecule has 1 N–H and O–H groups in total. The second-order valence-electron chi connectivity index (χ2n) is 5.73. The van der Waals surface area contributed by atoms with Gasteiger partial charge in [-0.2, -0.15) is 0 Å². The minimum atomic E-state index is -0.565. The van der Waals surface area contributed by atoms with Gasteiger partial charge in [0, 0.05) is 6.07 Å². The Morgan fingerprint density at radius 3 is 2.39 bits per heavy atom. The third kappa shape index (κ3) is 4.76. The van der Waals surface area contributed by atoms with E-state index in [9.17, 15) is 20.0 Å². The third-order valence-electron chi connectivity index (χ3n) is 3.71. The summed E-state index contributed by atoms with van der Waals surface area (Å²) >= 11 is 0. The number of phenolic OH excluding ortho intramolecular Hbond substituents is 1. The van der Waals surface area contributed by atoms with Crippen molar-refractivity contribution in [2.75, 3.05) is 0 Å². The summed E-state index contributed by atoms with van der Waals surface area (Å²) in [5, 5.41) is 28.7. The molecule has 3 aromatic rings. The SMILES string of the molecule is O=C(Cc1ccc(O)c(N=Nc2ccccc2[N+](=O)[O-])c1)Oc1ccccc1. The second-order valence-corrected chi connectivity index (χ2v) is 5.73. The van der Waals surface area contributed by atoms with Crippen LogP contribution in [0.3, 0.4) is 0 Å². The Bertz CT molecular complexity index is 1040. The largest absolute Gasteiger partial charge is 0.506 e. The van der Waals surface area contributed by atoms with Crippen molar-refractivity contribution in [2.45, 2.75) is 6.42 Å². The van der Waals surface area contributed by atoms with Crippen LogP contribution < -0.4 is 4.74 Å². The summed E-state index contributed by atoms with van der Waals surface area (Å²) in [6, 6.07) is 18.9. The number of azo groups is 1. The first-order valence-electron chi connectivity index (χ1n) is 8.26. The third-order valence-corrected chi connectivity index (χ3v) is 3.71. The smallest absolute Gasteiger partial charge is 0.315 e. The van der Waals surface area contributed by atoms with Crippen molar-refractivity contribution >= 4 is 23.0 Å². The van der Waals surface area contributed by atoms with Crippen LogP contribution >= 0.6 is 0 Å². The first kappa shape index (κ1) is 18.7. The fraction of sp³-hybridized carbons (Fsp3) is 0.0500. The molecule has 0 unspecified atom stereocenters. The van der Waals surface area contributed by atoms with E-state index in [2.05, 4.69) is 10.2 Å². The second kappa shape index (κ2) is 8.54. The summed E-state index contributed by atoms with van der Waals surface area (Å²) in [5.74, 6) is -0.205. The van der Waals surface area contributed by atoms with Gasteiger partial charge in [0.25, 0.3) is 5.69 Å². The van der Waals surface area contributed by atoms with Crippen LogP contribution in [-0.4, -0.2) is 16.0 Å². The van der Waals surface area contributed by atoms with Crippen molar-refractivity contribution in [1.82, 2.24) is 0 Å². The summed E-state index contributed by atoms with van der Waals surface area (Å²) < 4.78 is 5.23. The highest BCUT2D eigenvalue weighted by Crippen LogP contribution is 2.32. The number of benzene rings is 3. The number of ether oxygens (including phenoxy) is 1. The van der Waals surface area contributed by atoms with Crippen LogP contribution in [0.25, 0.3) is 0 Å². The van der Waals surface area contributed by atoms with E-state index in [0.717, 1.165) is 0 Å². The molecule has 0 spiro atoms. The van der Waals surface area contributed by atoms with Gasteiger partial charge in [-0.3, -0.25) is 14.9 Å². The lowest BCUT2D eigenvalue weighted by Gasteiger charge is -2.05. The van der Waals surface area contributed by atoms with Gasteiger partial charge in [0.2, 0.25) is 0 Å². The molecule has 0 radical (unpaired) electrons. The number of esters is 1. The van der Waals surface area contributed by atoms with Crippen LogP contribution in [0.15, 0.2) is 83.0 Å². The molecule has 0 atom stereocenters. The number of carbonyl (C=O) groups excluding carboxylic acids is 1. The van der Waals surface area contributed by atoms with Gasteiger partial charge in [0.15, 0.2) is 5.69 Å². The Kier molecular flexibility index (Phi) is 5.71. The first-order chi connectivity index (χ1) is 13.5. The van der Waals surface area contributed by atoms with Crippen LogP contribution in [0.4, 0.5) is 17.1 Å². The lowest BCUT2D eigenvalue weighted by atomic mass is 10.1. The molecular weight excluding hydrogens is 362 g/mol. The average Bonchev–Trinajstić information content (AvgIpc) is 2.69. The van der Waals surface area contributed by atoms with Crippen LogP contribution in [0, 0.1) is 10.1 Å². The van der Waals surface area contributed by atoms with Crippen molar-refractivity contribution in [2.24, 2.45) is 10.2 Å². The molecule has 8 heteroatoms. The van der Waals surface area contributed by atoms with Crippen LogP contribution in [0.2, 0.25) is 0 Å². The molecule has 3 rings (SSSR count). The topological polar surface area (TPSA) is 114 Å². The number of nitro groups is 1. The Morgan fingerprint density at radius 2 is 1.64 bits per heavy atom. The predicted molar refractivity (Wildman–Crippen MR) is 101 cm³/mol. The maximum atomic E-state index is 12.1. The number of para-hydroxylation sites is 2. The first-order valence-corrected chi connectivity index (χ1v) is 8.26. The van der Waals surface area contributed by atoms with Gasteiger partial charge < -0.3 is 9.84 Å². The summed E-state index contributed by atoms with van der Waals surface area (Å²) in [4.78, 5) is 22.5. The minimum Gasteiger partial charge on any atom is -0.506 e. The Labute approximate surface area is 159 Å². The summed E-state index contributed by atoms with van der Waals surface area (Å²) in [6.45, 7) is 0. The number of hydrogen-bond donors (Lipinski definition) is 1. The Morgan fingerprint density at radius 1 is 0.964 bits per heavy atom. The van der Waals surface area contributed by atoms with E-state index in [1.54, 1.807) is 36.4 Å². The Hall–Kier alpha value is -4.07. The van der Waals surface area contributed by atoms with Gasteiger partial charge in [-0.1, -0.05) is 36.4 Å². The molecule has 0 amide bonds. The number of nitro benzene ring substituents is 1. The molecule has 0 saturated carbocycles. The van der Waals surface area contributed by atoms with Crippen molar-refractivity contribution in [3.05, 3.63) is 88.5 Å². The lowest BCUT2D eigenvalue weighted by Crippen LogP contribution is -2.11. The van der Waals surface area contributed by atoms with Gasteiger partial charge in [0.05, 0.1) is 11.3 Å². The number of aromatic hydroxyl groups is 1. The number of hydrogen-bond acceptors (Lipinski definition) is 7. The zero-order valence-electron chi connectivity index (χ0n) is 14.6. The van der Waals surface area contributed by atoms with Crippen LogP contribution in [-0.2, 0) is 11.2 Å². The zero-order valence-corrected chi connectivity index (χ0v) is 14.6. The van der Waals surface area contributed by atoms with E-state index >= 15 is 0 Å². The van der Waals surface area contributed by atoms with Crippen LogP contribution in [0.5, 0.6) is 11.5 Å². The van der Waals surface area contributed by atoms with Crippen molar-refractivity contribution in [1.29, 1.82) is 0 Å². The highest BCUT2D eigenvalue weighted by molar-refractivity contribution is 5.75. The van der Waals surface area contributed by atoms with Gasteiger partial charge in [0.1, 0.15) is 17.2 Å². The number of phenols is 1. The van der Waals surface area contributed by atoms with Gasteiger partial charge in [-0.05, 0) is 35.9 Å². The molecule has 28 heavy (non-hydrogen) atoms. The quantitative estimate of drug-likeness (QED) is 0.216. The lowest BCUT2D eigenvalue weighted by molar-refractivity contribution is -0.384. The Balaban J connectivity index is 1.76. The molecule has 0 aliphatic carbocycles. The summed E-state index contributed by atoms with van der Waals surface area (Å²) in [6.07, 6.45) is -0.0385. The van der Waals surface area contributed by atoms with Gasteiger partial charge in [-0.15, -0.1) is 10.2 Å². The average molecular weight is 377 g/mol. The van der Waals surface area contributed by atoms with E-state index in [1.165, 1.54) is 30.3 Å². The molecule has 140 valence electrons. The molecule has 3 aromatic carbocycles. The van der Waals surface area contributed by atoms with E-state index in [-0.39, 0.29) is 29.2 Å². The molecule has 0 aliphatic rings. The summed E-state index contributed by atoms with van der Waals surface area (Å²) in [7, 11) is 0. The molecule has 0 heterocycles. The fourth-order valence-electron chi connectivity index (χ4n) is 2.39. The maximum absolute atomic E-state index is 12.1. The van der Waals surface area contributed by atoms with Crippen molar-refractivity contribution in [3.63, 3.8) is 0 Å². The normalized spacial score (nSPS) is 10.7. The number of rotatable bonds is 6. The predicted octanol–water partition coefficient (Wildman–Crippen LogP) is 4.86. The fourth-order valence-corrected chi connectivity index (χ4v) is 2.39. The van der Waals surface area contributed by atoms with Gasteiger partial charge >= 0.3 is 5.97 Å². The molecule has 0 saturated heterocycles. The van der Waals surface area contributed by atoms with Crippen LogP contribution in [0.1, 0.15) is 5.56 Å². The molecule has 0 fully saturated rings. The van der Waals surface area contributed by atoms with Gasteiger partial charge in [-0.25, -0.2) is 0 Å². The zero-order chi connectivity index (χ0) is 19.9. The highest BCUT2D eigenvalue weighted by atomic mass is 16.6. The van der Waals surface area contributed by atoms with E-state index in [0.29, 0.717) is 11.3 Å². The molecule has 8 nitrogen and oxygen atoms in total. The maximum Gasteiger partial charge on any atom is 0.315 e. The molecular formula is C20H15N3O5. The van der Waals surface area contributed by atoms with E-state index < -0.39 is 10.9 Å². The highest BCUT2D eigenvalue weighted by Gasteiger charge is 2.13. The van der Waals surface area contributed by atoms with E-state index in [4.69, 9.17) is 4.74 Å². The molecule has 0 aromatic heterocycles. The molecule has 0 aliphatic heterocycles. The molecule has 0 bridgehead atoms. The minimum absolute atomic E-state index is 0.0385. The standard InChI is InChI=1S/C20H15N3O5/c24-19-11-10-14(13-20(25)28-15-6-2-1-3-7-15)12-17(19)22-21-16-8-4-5-9-18(16)23(26)27/h1-12,24H,13H2. The number of carbonyl (C=O) groups is 1. The van der Waals surface area contributed by atoms with Crippen molar-refractivity contribution in [3.8, 4) is 11.5 Å². The van der Waals surface area contributed by atoms with Crippen molar-refractivity contribution < 1.29 is 19.6 Å². The van der Waals surface area contributed by atoms with E-state index in [1.807, 2.05) is 6.07 Å². The number of nitrogens with zero attached hydrogens (tertiary/aromatic N) is 3.